The van der Waals surface area contributed by atoms with Gasteiger partial charge in [-0.15, -0.1) is 0 Å². The van der Waals surface area contributed by atoms with E-state index in [1.807, 2.05) is 66.7 Å². The summed E-state index contributed by atoms with van der Waals surface area (Å²) in [5.74, 6) is 4.52. The molecule has 2 aliphatic heterocycles. The molecule has 0 saturated heterocycles. The number of carbonyl (C=O) groups is 1. The van der Waals surface area contributed by atoms with Crippen LogP contribution in [-0.2, 0) is 19.6 Å². The van der Waals surface area contributed by atoms with Gasteiger partial charge in [0.15, 0.2) is 29.3 Å². The molecule has 2 aliphatic rings. The van der Waals surface area contributed by atoms with Crippen LogP contribution in [0.5, 0.6) is 23.0 Å². The fourth-order valence-electron chi connectivity index (χ4n) is 4.94. The van der Waals surface area contributed by atoms with Crippen molar-refractivity contribution in [1.82, 2.24) is 9.55 Å². The molecular weight excluding hydrogens is 482 g/mol. The van der Waals surface area contributed by atoms with Crippen LogP contribution in [0, 0.1) is 0 Å². The Kier molecular flexibility index (Phi) is 6.60. The van der Waals surface area contributed by atoms with Crippen LogP contribution in [0.15, 0.2) is 66.7 Å². The van der Waals surface area contributed by atoms with Gasteiger partial charge in [-0.3, -0.25) is 4.79 Å². The Morgan fingerprint density at radius 2 is 1.45 bits per heavy atom. The number of unbranched alkanes of at least 4 members (excludes halogenated alkanes) is 1. The lowest BCUT2D eigenvalue weighted by molar-refractivity contribution is 0.111. The lowest BCUT2D eigenvalue weighted by Gasteiger charge is -2.27. The fraction of sp³-hybridized carbons (Fsp3) is 0.267. The normalized spacial score (nSPS) is 13.1. The van der Waals surface area contributed by atoms with E-state index in [4.69, 9.17) is 23.9 Å². The van der Waals surface area contributed by atoms with E-state index in [9.17, 15) is 4.79 Å². The van der Waals surface area contributed by atoms with Crippen molar-refractivity contribution in [2.75, 3.05) is 18.5 Å². The minimum Gasteiger partial charge on any atom is -0.454 e. The van der Waals surface area contributed by atoms with Crippen molar-refractivity contribution < 1.29 is 23.7 Å². The van der Waals surface area contributed by atoms with E-state index in [1.54, 1.807) is 0 Å². The van der Waals surface area contributed by atoms with Crippen LogP contribution in [0.4, 0.5) is 5.82 Å². The van der Waals surface area contributed by atoms with Crippen LogP contribution in [-0.4, -0.2) is 29.4 Å². The third-order valence-corrected chi connectivity index (χ3v) is 6.77. The van der Waals surface area contributed by atoms with Crippen molar-refractivity contribution in [2.24, 2.45) is 0 Å². The third-order valence-electron chi connectivity index (χ3n) is 6.77. The summed E-state index contributed by atoms with van der Waals surface area (Å²) in [6, 6.07) is 22.0. The Hall–Kier alpha value is -4.46. The Morgan fingerprint density at radius 1 is 0.842 bits per heavy atom. The van der Waals surface area contributed by atoms with Crippen molar-refractivity contribution in [3.63, 3.8) is 0 Å². The monoisotopic (exact) mass is 511 g/mol. The molecule has 0 spiro atoms. The van der Waals surface area contributed by atoms with Crippen molar-refractivity contribution in [1.29, 1.82) is 0 Å². The second-order valence-corrected chi connectivity index (χ2v) is 9.36. The van der Waals surface area contributed by atoms with Gasteiger partial charge in [-0.25, -0.2) is 4.98 Å². The lowest BCUT2D eigenvalue weighted by Crippen LogP contribution is -2.26. The van der Waals surface area contributed by atoms with Crippen LogP contribution in [0.2, 0.25) is 0 Å². The zero-order valence-electron chi connectivity index (χ0n) is 21.3. The average molecular weight is 512 g/mol. The number of ether oxygens (including phenoxy) is 4. The molecule has 3 heterocycles. The molecule has 0 bridgehead atoms. The molecule has 0 fully saturated rings. The topological polar surface area (TPSA) is 75.1 Å². The van der Waals surface area contributed by atoms with Crippen LogP contribution in [0.3, 0.4) is 0 Å². The van der Waals surface area contributed by atoms with E-state index < -0.39 is 0 Å². The number of benzene rings is 3. The standard InChI is InChI=1S/C30H29N3O5/c1-2-3-13-33-29(23-7-5-4-6-8-23)31-24(18-34)30(33)32(16-21-9-11-25-27(14-21)37-19-35-25)17-22-10-12-26-28(15-22)38-20-36-26/h4-12,14-15,18H,2-3,13,16-17,19-20H2,1H3. The summed E-state index contributed by atoms with van der Waals surface area (Å²) in [5.41, 5.74) is 3.47. The Bertz CT molecular complexity index is 1390. The molecule has 0 saturated carbocycles. The number of nitrogens with zero attached hydrogens (tertiary/aromatic N) is 3. The van der Waals surface area contributed by atoms with E-state index in [0.717, 1.165) is 77.0 Å². The minimum atomic E-state index is 0.221. The SMILES string of the molecule is CCCCn1c(-c2ccccc2)nc(C=O)c1N(Cc1ccc2c(c1)OCO2)Cc1ccc2c(c1)OCO2. The summed E-state index contributed by atoms with van der Waals surface area (Å²) >= 11 is 0. The largest absolute Gasteiger partial charge is 0.454 e. The molecule has 1 aromatic heterocycles. The zero-order chi connectivity index (χ0) is 25.9. The van der Waals surface area contributed by atoms with Crippen LogP contribution < -0.4 is 23.8 Å². The highest BCUT2D eigenvalue weighted by atomic mass is 16.7. The van der Waals surface area contributed by atoms with E-state index in [2.05, 4.69) is 16.4 Å². The number of fused-ring (bicyclic) bond motifs is 2. The van der Waals surface area contributed by atoms with Gasteiger partial charge >= 0.3 is 0 Å². The highest BCUT2D eigenvalue weighted by Crippen LogP contribution is 2.37. The van der Waals surface area contributed by atoms with Crippen molar-refractivity contribution in [2.45, 2.75) is 39.4 Å². The highest BCUT2D eigenvalue weighted by molar-refractivity contribution is 5.83. The van der Waals surface area contributed by atoms with Gasteiger partial charge in [0.05, 0.1) is 0 Å². The average Bonchev–Trinajstić information content (AvgIpc) is 3.69. The first-order valence-corrected chi connectivity index (χ1v) is 12.9. The summed E-state index contributed by atoms with van der Waals surface area (Å²) in [4.78, 5) is 19.5. The molecule has 3 aromatic carbocycles. The first-order chi connectivity index (χ1) is 18.7. The highest BCUT2D eigenvalue weighted by Gasteiger charge is 2.25. The molecule has 0 aliphatic carbocycles. The number of aromatic nitrogens is 2. The van der Waals surface area contributed by atoms with E-state index >= 15 is 0 Å². The molecule has 0 amide bonds. The first-order valence-electron chi connectivity index (χ1n) is 12.9. The Labute approximate surface area is 221 Å². The predicted octanol–water partition coefficient (Wildman–Crippen LogP) is 5.83. The number of imidazole rings is 1. The maximum atomic E-state index is 12.4. The summed E-state index contributed by atoms with van der Waals surface area (Å²) < 4.78 is 24.5. The van der Waals surface area contributed by atoms with Crippen LogP contribution in [0.25, 0.3) is 11.4 Å². The molecule has 0 N–H and O–H groups in total. The minimum absolute atomic E-state index is 0.221. The maximum absolute atomic E-state index is 12.4. The molecule has 194 valence electrons. The number of carbonyl (C=O) groups excluding carboxylic acids is 1. The third kappa shape index (κ3) is 4.65. The van der Waals surface area contributed by atoms with Crippen molar-refractivity contribution >= 4 is 12.1 Å². The van der Waals surface area contributed by atoms with Crippen LogP contribution in [0.1, 0.15) is 41.4 Å². The molecule has 6 rings (SSSR count). The number of aldehydes is 1. The second kappa shape index (κ2) is 10.5. The molecule has 38 heavy (non-hydrogen) atoms. The molecule has 0 radical (unpaired) electrons. The number of hydrogen-bond acceptors (Lipinski definition) is 7. The molecule has 8 heteroatoms. The van der Waals surface area contributed by atoms with Crippen molar-refractivity contribution in [3.8, 4) is 34.4 Å². The van der Waals surface area contributed by atoms with Gasteiger partial charge in [-0.2, -0.15) is 0 Å². The summed E-state index contributed by atoms with van der Waals surface area (Å²) in [7, 11) is 0. The number of anilines is 1. The number of hydrogen-bond donors (Lipinski definition) is 0. The predicted molar refractivity (Wildman–Crippen MR) is 143 cm³/mol. The molecule has 0 atom stereocenters. The van der Waals surface area contributed by atoms with Gasteiger partial charge in [0, 0.05) is 25.2 Å². The second-order valence-electron chi connectivity index (χ2n) is 9.36. The summed E-state index contributed by atoms with van der Waals surface area (Å²) in [5, 5.41) is 0. The zero-order valence-corrected chi connectivity index (χ0v) is 21.3. The maximum Gasteiger partial charge on any atom is 0.231 e. The van der Waals surface area contributed by atoms with E-state index in [0.29, 0.717) is 18.8 Å². The van der Waals surface area contributed by atoms with Gasteiger partial charge in [0.1, 0.15) is 17.3 Å². The lowest BCUT2D eigenvalue weighted by atomic mass is 10.1. The van der Waals surface area contributed by atoms with E-state index in [1.165, 1.54) is 0 Å². The number of rotatable bonds is 10. The smallest absolute Gasteiger partial charge is 0.231 e. The molecular formula is C30H29N3O5. The van der Waals surface area contributed by atoms with Gasteiger partial charge in [0.25, 0.3) is 0 Å². The van der Waals surface area contributed by atoms with Gasteiger partial charge < -0.3 is 28.4 Å². The summed E-state index contributed by atoms with van der Waals surface area (Å²) in [6.45, 7) is 4.43. The molecule has 8 nitrogen and oxygen atoms in total. The Balaban J connectivity index is 1.45. The van der Waals surface area contributed by atoms with Crippen molar-refractivity contribution in [3.05, 3.63) is 83.6 Å². The van der Waals surface area contributed by atoms with Crippen LogP contribution >= 0.6 is 0 Å². The quantitative estimate of drug-likeness (QED) is 0.248. The molecule has 0 unspecified atom stereocenters. The molecule has 4 aromatic rings. The van der Waals surface area contributed by atoms with Gasteiger partial charge in [0.2, 0.25) is 13.6 Å². The van der Waals surface area contributed by atoms with Gasteiger partial charge in [-0.05, 0) is 41.8 Å². The summed E-state index contributed by atoms with van der Waals surface area (Å²) in [6.07, 6.45) is 2.84. The van der Waals surface area contributed by atoms with Gasteiger partial charge in [-0.1, -0.05) is 55.8 Å². The first kappa shape index (κ1) is 23.9. The fourth-order valence-corrected chi connectivity index (χ4v) is 4.94. The van der Waals surface area contributed by atoms with E-state index in [-0.39, 0.29) is 13.6 Å². The Morgan fingerprint density at radius 3 is 2.03 bits per heavy atom.